The Morgan fingerprint density at radius 1 is 1.32 bits per heavy atom. The number of hydrogen-bond donors (Lipinski definition) is 2. The fraction of sp³-hybridized carbons (Fsp3) is 0.571. The monoisotopic (exact) mass is 262 g/mol. The number of likely N-dealkylation sites (N-methyl/N-ethyl adjacent to an activating group) is 1. The first-order chi connectivity index (χ1) is 9.33. The zero-order valence-electron chi connectivity index (χ0n) is 11.5. The Morgan fingerprint density at radius 3 is 2.84 bits per heavy atom. The van der Waals surface area contributed by atoms with Crippen LogP contribution in [0, 0.1) is 0 Å². The van der Waals surface area contributed by atoms with Gasteiger partial charge >= 0.3 is 0 Å². The van der Waals surface area contributed by atoms with Crippen LogP contribution in [-0.2, 0) is 0 Å². The van der Waals surface area contributed by atoms with Gasteiger partial charge in [0, 0.05) is 32.4 Å². The lowest BCUT2D eigenvalue weighted by atomic mass is 10.1. The van der Waals surface area contributed by atoms with Crippen molar-refractivity contribution in [2.24, 2.45) is 0 Å². The highest BCUT2D eigenvalue weighted by molar-refractivity contribution is 5.98. The Morgan fingerprint density at radius 2 is 2.11 bits per heavy atom. The zero-order chi connectivity index (χ0) is 13.5. The van der Waals surface area contributed by atoms with Gasteiger partial charge in [-0.2, -0.15) is 0 Å². The Kier molecular flexibility index (Phi) is 5.15. The van der Waals surface area contributed by atoms with Crippen molar-refractivity contribution in [1.29, 1.82) is 0 Å². The number of aromatic nitrogens is 1. The maximum atomic E-state index is 12.2. The largest absolute Gasteiger partial charge is 0.356 e. The molecule has 0 unspecified atom stereocenters. The van der Waals surface area contributed by atoms with Crippen molar-refractivity contribution < 1.29 is 4.79 Å². The summed E-state index contributed by atoms with van der Waals surface area (Å²) in [4.78, 5) is 18.8. The molecule has 1 aliphatic rings. The van der Waals surface area contributed by atoms with E-state index in [0.717, 1.165) is 25.5 Å². The molecule has 0 radical (unpaired) electrons. The number of pyridine rings is 1. The first-order valence-corrected chi connectivity index (χ1v) is 6.95. The van der Waals surface area contributed by atoms with Crippen LogP contribution in [-0.4, -0.2) is 44.1 Å². The number of carbonyl (C=O) groups excluding carboxylic acids is 1. The molecular formula is C14H22N4O. The highest BCUT2D eigenvalue weighted by Crippen LogP contribution is 2.21. The van der Waals surface area contributed by atoms with Crippen LogP contribution in [0.2, 0.25) is 0 Å². The average molecular weight is 262 g/mol. The maximum absolute atomic E-state index is 12.2. The SMILES string of the molecule is CNCCNC(=O)c1cccnc1N1CCCCC1. The van der Waals surface area contributed by atoms with E-state index >= 15 is 0 Å². The summed E-state index contributed by atoms with van der Waals surface area (Å²) in [6.07, 6.45) is 5.39. The molecule has 0 saturated carbocycles. The van der Waals surface area contributed by atoms with Crippen molar-refractivity contribution >= 4 is 11.7 Å². The van der Waals surface area contributed by atoms with E-state index in [-0.39, 0.29) is 5.91 Å². The highest BCUT2D eigenvalue weighted by Gasteiger charge is 2.19. The number of rotatable bonds is 5. The second-order valence-electron chi connectivity index (χ2n) is 4.78. The minimum Gasteiger partial charge on any atom is -0.356 e. The summed E-state index contributed by atoms with van der Waals surface area (Å²) in [6, 6.07) is 3.67. The number of nitrogens with zero attached hydrogens (tertiary/aromatic N) is 2. The maximum Gasteiger partial charge on any atom is 0.255 e. The smallest absolute Gasteiger partial charge is 0.255 e. The first kappa shape index (κ1) is 13.8. The Balaban J connectivity index is 2.08. The molecule has 1 aromatic rings. The minimum absolute atomic E-state index is 0.0380. The standard InChI is InChI=1S/C14H22N4O/c1-15-8-9-17-14(19)12-6-5-7-16-13(12)18-10-3-2-4-11-18/h5-7,15H,2-4,8-11H2,1H3,(H,17,19). The molecule has 5 heteroatoms. The van der Waals surface area contributed by atoms with E-state index in [1.54, 1.807) is 6.20 Å². The highest BCUT2D eigenvalue weighted by atomic mass is 16.1. The summed E-state index contributed by atoms with van der Waals surface area (Å²) in [7, 11) is 1.87. The van der Waals surface area contributed by atoms with Crippen LogP contribution >= 0.6 is 0 Å². The second-order valence-corrected chi connectivity index (χ2v) is 4.78. The molecule has 5 nitrogen and oxygen atoms in total. The average Bonchev–Trinajstić information content (AvgIpc) is 2.48. The quantitative estimate of drug-likeness (QED) is 0.778. The van der Waals surface area contributed by atoms with Crippen LogP contribution in [0.15, 0.2) is 18.3 Å². The van der Waals surface area contributed by atoms with Gasteiger partial charge in [-0.3, -0.25) is 4.79 Å². The molecule has 0 aromatic carbocycles. The van der Waals surface area contributed by atoms with Crippen LogP contribution in [0.1, 0.15) is 29.6 Å². The third-order valence-electron chi connectivity index (χ3n) is 3.35. The Labute approximate surface area is 114 Å². The summed E-state index contributed by atoms with van der Waals surface area (Å²) >= 11 is 0. The second kappa shape index (κ2) is 7.09. The number of carbonyl (C=O) groups is 1. The predicted octanol–water partition coefficient (Wildman–Crippen LogP) is 1.02. The van der Waals surface area contributed by atoms with Gasteiger partial charge in [-0.1, -0.05) is 0 Å². The van der Waals surface area contributed by atoms with Gasteiger partial charge in [0.15, 0.2) is 0 Å². The summed E-state index contributed by atoms with van der Waals surface area (Å²) < 4.78 is 0. The lowest BCUT2D eigenvalue weighted by Gasteiger charge is -2.29. The van der Waals surface area contributed by atoms with E-state index in [1.165, 1.54) is 19.3 Å². The zero-order valence-corrected chi connectivity index (χ0v) is 11.5. The molecule has 1 aromatic heterocycles. The molecule has 1 aliphatic heterocycles. The molecule has 2 heterocycles. The molecule has 0 aliphatic carbocycles. The van der Waals surface area contributed by atoms with Gasteiger partial charge in [0.1, 0.15) is 5.82 Å². The van der Waals surface area contributed by atoms with E-state index in [0.29, 0.717) is 12.1 Å². The number of nitrogens with one attached hydrogen (secondary N) is 2. The van der Waals surface area contributed by atoms with Crippen LogP contribution < -0.4 is 15.5 Å². The lowest BCUT2D eigenvalue weighted by molar-refractivity contribution is 0.0954. The summed E-state index contributed by atoms with van der Waals surface area (Å²) in [6.45, 7) is 3.39. The van der Waals surface area contributed by atoms with Crippen molar-refractivity contribution in [3.63, 3.8) is 0 Å². The molecule has 1 fully saturated rings. The van der Waals surface area contributed by atoms with Crippen LogP contribution in [0.3, 0.4) is 0 Å². The molecule has 0 bridgehead atoms. The third kappa shape index (κ3) is 3.67. The van der Waals surface area contributed by atoms with E-state index in [1.807, 2.05) is 19.2 Å². The van der Waals surface area contributed by atoms with Gasteiger partial charge in [-0.05, 0) is 38.4 Å². The van der Waals surface area contributed by atoms with Gasteiger partial charge in [0.2, 0.25) is 0 Å². The van der Waals surface area contributed by atoms with Crippen molar-refractivity contribution in [3.05, 3.63) is 23.9 Å². The van der Waals surface area contributed by atoms with E-state index < -0.39 is 0 Å². The lowest BCUT2D eigenvalue weighted by Crippen LogP contribution is -2.35. The number of anilines is 1. The molecule has 104 valence electrons. The fourth-order valence-electron chi connectivity index (χ4n) is 2.33. The molecule has 1 saturated heterocycles. The van der Waals surface area contributed by atoms with Crippen molar-refractivity contribution in [2.75, 3.05) is 38.1 Å². The number of hydrogen-bond acceptors (Lipinski definition) is 4. The summed E-state index contributed by atoms with van der Waals surface area (Å²) in [5.41, 5.74) is 0.681. The molecule has 19 heavy (non-hydrogen) atoms. The predicted molar refractivity (Wildman–Crippen MR) is 76.6 cm³/mol. The van der Waals surface area contributed by atoms with Crippen LogP contribution in [0.4, 0.5) is 5.82 Å². The van der Waals surface area contributed by atoms with E-state index in [4.69, 9.17) is 0 Å². The van der Waals surface area contributed by atoms with Gasteiger partial charge < -0.3 is 15.5 Å². The minimum atomic E-state index is -0.0380. The third-order valence-corrected chi connectivity index (χ3v) is 3.35. The van der Waals surface area contributed by atoms with Crippen LogP contribution in [0.25, 0.3) is 0 Å². The van der Waals surface area contributed by atoms with Gasteiger partial charge in [-0.25, -0.2) is 4.98 Å². The van der Waals surface area contributed by atoms with Gasteiger partial charge in [0.05, 0.1) is 5.56 Å². The molecule has 1 amide bonds. The summed E-state index contributed by atoms with van der Waals surface area (Å²) in [5.74, 6) is 0.785. The summed E-state index contributed by atoms with van der Waals surface area (Å²) in [5, 5.41) is 5.92. The molecular weight excluding hydrogens is 240 g/mol. The van der Waals surface area contributed by atoms with E-state index in [9.17, 15) is 4.79 Å². The van der Waals surface area contributed by atoms with Gasteiger partial charge in [-0.15, -0.1) is 0 Å². The number of piperidine rings is 1. The first-order valence-electron chi connectivity index (χ1n) is 6.95. The van der Waals surface area contributed by atoms with Gasteiger partial charge in [0.25, 0.3) is 5.91 Å². The molecule has 0 spiro atoms. The molecule has 0 atom stereocenters. The molecule has 2 rings (SSSR count). The van der Waals surface area contributed by atoms with Crippen molar-refractivity contribution in [3.8, 4) is 0 Å². The molecule has 2 N–H and O–H groups in total. The van der Waals surface area contributed by atoms with E-state index in [2.05, 4.69) is 20.5 Å². The normalized spacial score (nSPS) is 15.3. The fourth-order valence-corrected chi connectivity index (χ4v) is 2.33. The number of amides is 1. The Hall–Kier alpha value is -1.62. The van der Waals surface area contributed by atoms with Crippen molar-refractivity contribution in [1.82, 2.24) is 15.6 Å². The van der Waals surface area contributed by atoms with Crippen LogP contribution in [0.5, 0.6) is 0 Å². The topological polar surface area (TPSA) is 57.3 Å². The van der Waals surface area contributed by atoms with Crippen molar-refractivity contribution in [2.45, 2.75) is 19.3 Å². The Bertz CT molecular complexity index is 416.